The molecule has 0 spiro atoms. The fourth-order valence-corrected chi connectivity index (χ4v) is 2.13. The zero-order valence-electron chi connectivity index (χ0n) is 10.1. The largest absolute Gasteiger partial charge is 0.301 e. The van der Waals surface area contributed by atoms with E-state index in [1.165, 1.54) is 42.6 Å². The topological polar surface area (TPSA) is 3.24 Å². The summed E-state index contributed by atoms with van der Waals surface area (Å²) in [6, 6.07) is 0.813. The van der Waals surface area contributed by atoms with E-state index >= 15 is 0 Å². The highest BCUT2D eigenvalue weighted by Gasteiger charge is 2.16. The van der Waals surface area contributed by atoms with Crippen LogP contribution in [0.1, 0.15) is 47.0 Å². The van der Waals surface area contributed by atoms with Crippen molar-refractivity contribution < 1.29 is 0 Å². The van der Waals surface area contributed by atoms with Gasteiger partial charge in [0.05, 0.1) is 0 Å². The maximum atomic E-state index is 2.64. The lowest BCUT2D eigenvalue weighted by molar-refractivity contribution is 0.206. The summed E-state index contributed by atoms with van der Waals surface area (Å²) in [5, 5.41) is 0. The molecular formula is C11H27NSi. The van der Waals surface area contributed by atoms with Crippen LogP contribution in [0.4, 0.5) is 0 Å². The van der Waals surface area contributed by atoms with Gasteiger partial charge >= 0.3 is 0 Å². The molecular weight excluding hydrogens is 174 g/mol. The van der Waals surface area contributed by atoms with Gasteiger partial charge in [-0.2, -0.15) is 0 Å². The lowest BCUT2D eigenvalue weighted by Crippen LogP contribution is -2.36. The number of unbranched alkanes of at least 4 members (excludes halogenated alkanes) is 1. The number of nitrogens with zero attached hydrogens (tertiary/aromatic N) is 1. The first-order valence-electron chi connectivity index (χ1n) is 5.91. The van der Waals surface area contributed by atoms with Crippen molar-refractivity contribution in [2.75, 3.05) is 13.1 Å². The summed E-state index contributed by atoms with van der Waals surface area (Å²) in [4.78, 5) is 2.64. The lowest BCUT2D eigenvalue weighted by Gasteiger charge is -2.31. The molecule has 0 aromatic heterocycles. The van der Waals surface area contributed by atoms with Gasteiger partial charge in [0.1, 0.15) is 0 Å². The molecule has 0 aliphatic rings. The van der Waals surface area contributed by atoms with Gasteiger partial charge in [0.25, 0.3) is 0 Å². The quantitative estimate of drug-likeness (QED) is 0.570. The summed E-state index contributed by atoms with van der Waals surface area (Å²) in [6.07, 6.45) is 4.04. The smallest absolute Gasteiger partial charge is 0.00869 e. The molecule has 0 saturated carbocycles. The molecule has 0 saturated heterocycles. The Morgan fingerprint density at radius 2 is 1.85 bits per heavy atom. The third kappa shape index (κ3) is 4.82. The lowest BCUT2D eigenvalue weighted by atomic mass is 10.1. The predicted molar refractivity (Wildman–Crippen MR) is 65.6 cm³/mol. The minimum absolute atomic E-state index is 0.813. The van der Waals surface area contributed by atoms with E-state index in [9.17, 15) is 0 Å². The van der Waals surface area contributed by atoms with E-state index in [1.54, 1.807) is 0 Å². The van der Waals surface area contributed by atoms with Crippen molar-refractivity contribution >= 4 is 10.2 Å². The normalized spacial score (nSPS) is 16.4. The molecule has 0 rings (SSSR count). The van der Waals surface area contributed by atoms with Crippen LogP contribution in [0.3, 0.4) is 0 Å². The van der Waals surface area contributed by atoms with E-state index in [-0.39, 0.29) is 0 Å². The van der Waals surface area contributed by atoms with E-state index in [0.717, 1.165) is 11.6 Å². The number of hydrogen-bond donors (Lipinski definition) is 0. The molecule has 13 heavy (non-hydrogen) atoms. The molecule has 0 aromatic rings. The first kappa shape index (κ1) is 13.2. The fourth-order valence-electron chi connectivity index (χ4n) is 1.71. The second-order valence-corrected chi connectivity index (χ2v) is 5.59. The predicted octanol–water partition coefficient (Wildman–Crippen LogP) is 2.06. The highest BCUT2D eigenvalue weighted by Crippen LogP contribution is 2.17. The van der Waals surface area contributed by atoms with Crippen LogP contribution < -0.4 is 0 Å². The Balaban J connectivity index is 3.90. The fraction of sp³-hybridized carbons (Fsp3) is 1.00. The zero-order valence-corrected chi connectivity index (χ0v) is 12.1. The van der Waals surface area contributed by atoms with Crippen molar-refractivity contribution in [3.63, 3.8) is 0 Å². The Hall–Kier alpha value is 0.177. The molecule has 80 valence electrons. The van der Waals surface area contributed by atoms with Gasteiger partial charge in [-0.05, 0) is 32.0 Å². The molecule has 0 aromatic carbocycles. The van der Waals surface area contributed by atoms with Crippen molar-refractivity contribution in [2.45, 2.75) is 58.5 Å². The maximum Gasteiger partial charge on any atom is 0.00869 e. The molecule has 0 aliphatic carbocycles. The first-order valence-corrected chi connectivity index (χ1v) is 7.06. The van der Waals surface area contributed by atoms with Gasteiger partial charge in [-0.3, -0.25) is 0 Å². The average molecular weight is 201 g/mol. The van der Waals surface area contributed by atoms with E-state index in [2.05, 4.69) is 32.6 Å². The molecule has 0 fully saturated rings. The molecule has 0 heterocycles. The zero-order chi connectivity index (χ0) is 10.3. The molecule has 0 radical (unpaired) electrons. The van der Waals surface area contributed by atoms with Crippen molar-refractivity contribution in [3.05, 3.63) is 0 Å². The number of hydrogen-bond acceptors (Lipinski definition) is 1. The van der Waals surface area contributed by atoms with Crippen LogP contribution >= 0.6 is 0 Å². The summed E-state index contributed by atoms with van der Waals surface area (Å²) >= 11 is 0. The highest BCUT2D eigenvalue weighted by molar-refractivity contribution is 6.12. The molecule has 2 unspecified atom stereocenters. The summed E-state index contributed by atoms with van der Waals surface area (Å²) in [5.41, 5.74) is 0.969. The van der Waals surface area contributed by atoms with Gasteiger partial charge in [-0.25, -0.2) is 0 Å². The molecule has 0 amide bonds. The van der Waals surface area contributed by atoms with E-state index in [4.69, 9.17) is 0 Å². The minimum Gasteiger partial charge on any atom is -0.301 e. The standard InChI is InChI=1S/C11H27NSi/c1-5-8-9-12(7-3)10(4)11(13)6-2/h10-11H,5-9H2,1-4,13H3. The molecule has 2 atom stereocenters. The third-order valence-corrected chi connectivity index (χ3v) is 5.03. The Morgan fingerprint density at radius 3 is 2.23 bits per heavy atom. The van der Waals surface area contributed by atoms with Gasteiger partial charge in [-0.1, -0.05) is 33.6 Å². The summed E-state index contributed by atoms with van der Waals surface area (Å²) in [6.45, 7) is 11.8. The van der Waals surface area contributed by atoms with E-state index < -0.39 is 0 Å². The van der Waals surface area contributed by atoms with Crippen LogP contribution in [0.5, 0.6) is 0 Å². The summed E-state index contributed by atoms with van der Waals surface area (Å²) in [7, 11) is 1.34. The minimum atomic E-state index is 0.813. The van der Waals surface area contributed by atoms with Crippen molar-refractivity contribution in [2.24, 2.45) is 0 Å². The molecule has 2 heteroatoms. The number of rotatable bonds is 7. The Bertz CT molecular complexity index is 117. The SMILES string of the molecule is CCCCN(CC)C(C)C([SiH3])CC. The van der Waals surface area contributed by atoms with Gasteiger partial charge in [0.2, 0.25) is 0 Å². The van der Waals surface area contributed by atoms with Crippen molar-refractivity contribution in [1.29, 1.82) is 0 Å². The summed E-state index contributed by atoms with van der Waals surface area (Å²) < 4.78 is 0. The highest BCUT2D eigenvalue weighted by atomic mass is 28.1. The van der Waals surface area contributed by atoms with Crippen molar-refractivity contribution in [1.82, 2.24) is 4.90 Å². The second-order valence-electron chi connectivity index (χ2n) is 4.11. The van der Waals surface area contributed by atoms with Crippen LogP contribution in [0.15, 0.2) is 0 Å². The van der Waals surface area contributed by atoms with Crippen LogP contribution in [-0.2, 0) is 0 Å². The van der Waals surface area contributed by atoms with E-state index in [1.807, 2.05) is 0 Å². The Labute approximate surface area is 87.3 Å². The molecule has 0 aliphatic heterocycles. The molecule has 0 bridgehead atoms. The van der Waals surface area contributed by atoms with Crippen LogP contribution in [0, 0.1) is 0 Å². The van der Waals surface area contributed by atoms with Crippen LogP contribution in [-0.4, -0.2) is 34.3 Å². The Kier molecular flexibility index (Phi) is 7.67. The van der Waals surface area contributed by atoms with E-state index in [0.29, 0.717) is 0 Å². The van der Waals surface area contributed by atoms with Gasteiger partial charge in [0.15, 0.2) is 0 Å². The monoisotopic (exact) mass is 201 g/mol. The molecule has 0 N–H and O–H groups in total. The van der Waals surface area contributed by atoms with Gasteiger partial charge < -0.3 is 4.90 Å². The van der Waals surface area contributed by atoms with Gasteiger partial charge in [-0.15, -0.1) is 0 Å². The molecule has 1 nitrogen and oxygen atoms in total. The third-order valence-electron chi connectivity index (χ3n) is 3.25. The van der Waals surface area contributed by atoms with Crippen LogP contribution in [0.25, 0.3) is 0 Å². The van der Waals surface area contributed by atoms with Crippen molar-refractivity contribution in [3.8, 4) is 0 Å². The van der Waals surface area contributed by atoms with Crippen LogP contribution in [0.2, 0.25) is 5.54 Å². The summed E-state index contributed by atoms with van der Waals surface area (Å²) in [5.74, 6) is 0. The Morgan fingerprint density at radius 1 is 1.23 bits per heavy atom. The average Bonchev–Trinajstić information content (AvgIpc) is 2.17. The first-order chi connectivity index (χ1) is 6.17. The van der Waals surface area contributed by atoms with Gasteiger partial charge in [0, 0.05) is 16.3 Å². The maximum absolute atomic E-state index is 2.64. The second kappa shape index (κ2) is 7.57.